The standard InChI is InChI=1S/C14H30N4.HI/c1-12-8-7-9-18(11-12)13(2)10-15-14(16(3)4)17(5)6;/h12-13H,7-11H2,1-6H3;1H. The summed E-state index contributed by atoms with van der Waals surface area (Å²) < 4.78 is 0. The lowest BCUT2D eigenvalue weighted by atomic mass is 9.99. The summed E-state index contributed by atoms with van der Waals surface area (Å²) in [4.78, 5) is 11.5. The largest absolute Gasteiger partial charge is 0.349 e. The van der Waals surface area contributed by atoms with Crippen molar-refractivity contribution in [2.45, 2.75) is 32.7 Å². The van der Waals surface area contributed by atoms with Gasteiger partial charge in [0, 0.05) is 40.8 Å². The van der Waals surface area contributed by atoms with Gasteiger partial charge in [0.05, 0.1) is 6.54 Å². The third kappa shape index (κ3) is 6.29. The van der Waals surface area contributed by atoms with Gasteiger partial charge in [-0.05, 0) is 32.2 Å². The molecule has 0 radical (unpaired) electrons. The minimum atomic E-state index is 0. The Hall–Kier alpha value is -0.0400. The van der Waals surface area contributed by atoms with Crippen LogP contribution in [0.3, 0.4) is 0 Å². The average molecular weight is 382 g/mol. The highest BCUT2D eigenvalue weighted by molar-refractivity contribution is 14.0. The van der Waals surface area contributed by atoms with Crippen LogP contribution in [-0.2, 0) is 0 Å². The molecular weight excluding hydrogens is 351 g/mol. The van der Waals surface area contributed by atoms with Gasteiger partial charge in [0.2, 0.25) is 0 Å². The SMILES string of the molecule is CC1CCCN(C(C)CN=C(N(C)C)N(C)C)C1.I. The molecule has 0 aliphatic carbocycles. The van der Waals surface area contributed by atoms with Crippen molar-refractivity contribution >= 4 is 29.9 Å². The van der Waals surface area contributed by atoms with Crippen molar-refractivity contribution in [3.63, 3.8) is 0 Å². The van der Waals surface area contributed by atoms with Crippen LogP contribution < -0.4 is 0 Å². The van der Waals surface area contributed by atoms with Gasteiger partial charge in [-0.15, -0.1) is 24.0 Å². The average Bonchev–Trinajstić information content (AvgIpc) is 2.28. The molecule has 0 N–H and O–H groups in total. The Kier molecular flexibility index (Phi) is 8.98. The van der Waals surface area contributed by atoms with Crippen molar-refractivity contribution in [1.82, 2.24) is 14.7 Å². The summed E-state index contributed by atoms with van der Waals surface area (Å²) in [6.45, 7) is 8.01. The first-order valence-corrected chi connectivity index (χ1v) is 7.05. The van der Waals surface area contributed by atoms with Gasteiger partial charge in [0.25, 0.3) is 0 Å². The third-order valence-corrected chi connectivity index (χ3v) is 3.61. The molecule has 0 aromatic carbocycles. The monoisotopic (exact) mass is 382 g/mol. The summed E-state index contributed by atoms with van der Waals surface area (Å²) in [6.07, 6.45) is 2.72. The van der Waals surface area contributed by atoms with Crippen LogP contribution in [0.5, 0.6) is 0 Å². The molecule has 0 aromatic heterocycles. The maximum Gasteiger partial charge on any atom is 0.195 e. The molecular formula is C14H31IN4. The maximum atomic E-state index is 4.75. The van der Waals surface area contributed by atoms with Gasteiger partial charge >= 0.3 is 0 Å². The van der Waals surface area contributed by atoms with E-state index in [1.165, 1.54) is 25.9 Å². The summed E-state index contributed by atoms with van der Waals surface area (Å²) in [5, 5.41) is 0. The quantitative estimate of drug-likeness (QED) is 0.425. The Morgan fingerprint density at radius 3 is 2.32 bits per heavy atom. The number of nitrogens with zero attached hydrogens (tertiary/aromatic N) is 4. The molecule has 5 heteroatoms. The van der Waals surface area contributed by atoms with E-state index in [9.17, 15) is 0 Å². The Labute approximate surface area is 136 Å². The van der Waals surface area contributed by atoms with Crippen molar-refractivity contribution < 1.29 is 0 Å². The molecule has 2 atom stereocenters. The smallest absolute Gasteiger partial charge is 0.195 e. The van der Waals surface area contributed by atoms with E-state index in [2.05, 4.69) is 28.5 Å². The van der Waals surface area contributed by atoms with Crippen LogP contribution >= 0.6 is 24.0 Å². The first-order chi connectivity index (χ1) is 8.41. The fraction of sp³-hybridized carbons (Fsp3) is 0.929. The van der Waals surface area contributed by atoms with E-state index in [4.69, 9.17) is 4.99 Å². The van der Waals surface area contributed by atoms with Crippen molar-refractivity contribution in [2.75, 3.05) is 47.8 Å². The molecule has 0 amide bonds. The van der Waals surface area contributed by atoms with Crippen LogP contribution in [0, 0.1) is 5.92 Å². The van der Waals surface area contributed by atoms with Crippen molar-refractivity contribution in [2.24, 2.45) is 10.9 Å². The van der Waals surface area contributed by atoms with Crippen LogP contribution in [0.1, 0.15) is 26.7 Å². The Morgan fingerprint density at radius 1 is 1.26 bits per heavy atom. The molecule has 1 heterocycles. The summed E-state index contributed by atoms with van der Waals surface area (Å²) in [5.41, 5.74) is 0. The lowest BCUT2D eigenvalue weighted by Crippen LogP contribution is -2.43. The summed E-state index contributed by atoms with van der Waals surface area (Å²) in [6, 6.07) is 0.544. The van der Waals surface area contributed by atoms with E-state index < -0.39 is 0 Å². The third-order valence-electron chi connectivity index (χ3n) is 3.61. The molecule has 0 aromatic rings. The number of halogens is 1. The van der Waals surface area contributed by atoms with Crippen molar-refractivity contribution in [3.8, 4) is 0 Å². The zero-order valence-corrected chi connectivity index (χ0v) is 15.7. The van der Waals surface area contributed by atoms with Gasteiger partial charge < -0.3 is 9.80 Å². The van der Waals surface area contributed by atoms with Crippen LogP contribution in [0.2, 0.25) is 0 Å². The van der Waals surface area contributed by atoms with Crippen LogP contribution in [0.25, 0.3) is 0 Å². The molecule has 1 saturated heterocycles. The fourth-order valence-electron chi connectivity index (χ4n) is 2.64. The summed E-state index contributed by atoms with van der Waals surface area (Å²) in [7, 11) is 8.19. The van der Waals surface area contributed by atoms with Gasteiger partial charge in [-0.25, -0.2) is 0 Å². The number of hydrogen-bond acceptors (Lipinski definition) is 2. The zero-order valence-electron chi connectivity index (χ0n) is 13.4. The lowest BCUT2D eigenvalue weighted by molar-refractivity contribution is 0.142. The number of aliphatic imine (C=N–C) groups is 1. The molecule has 1 aliphatic heterocycles. The van der Waals surface area contributed by atoms with Gasteiger partial charge in [0.15, 0.2) is 5.96 Å². The van der Waals surface area contributed by atoms with Crippen molar-refractivity contribution in [1.29, 1.82) is 0 Å². The maximum absolute atomic E-state index is 4.75. The second-order valence-corrected chi connectivity index (χ2v) is 6.02. The van der Waals surface area contributed by atoms with Crippen LogP contribution in [0.15, 0.2) is 4.99 Å². The molecule has 0 spiro atoms. The Morgan fingerprint density at radius 2 is 1.84 bits per heavy atom. The number of likely N-dealkylation sites (tertiary alicyclic amines) is 1. The number of guanidine groups is 1. The van der Waals surface area contributed by atoms with E-state index in [0.29, 0.717) is 6.04 Å². The highest BCUT2D eigenvalue weighted by Gasteiger charge is 2.20. The first-order valence-electron chi connectivity index (χ1n) is 7.05. The zero-order chi connectivity index (χ0) is 13.7. The highest BCUT2D eigenvalue weighted by Crippen LogP contribution is 2.17. The summed E-state index contributed by atoms with van der Waals surface area (Å²) >= 11 is 0. The molecule has 4 nitrogen and oxygen atoms in total. The predicted octanol–water partition coefficient (Wildman–Crippen LogP) is 2.20. The highest BCUT2D eigenvalue weighted by atomic mass is 127. The molecule has 2 unspecified atom stereocenters. The predicted molar refractivity (Wildman–Crippen MR) is 94.5 cm³/mol. The molecule has 1 fully saturated rings. The van der Waals surface area contributed by atoms with Crippen LogP contribution in [0.4, 0.5) is 0 Å². The lowest BCUT2D eigenvalue weighted by Gasteiger charge is -2.35. The fourth-order valence-corrected chi connectivity index (χ4v) is 2.64. The van der Waals surface area contributed by atoms with Crippen molar-refractivity contribution in [3.05, 3.63) is 0 Å². The van der Waals surface area contributed by atoms with Gasteiger partial charge in [-0.2, -0.15) is 0 Å². The molecule has 0 saturated carbocycles. The second-order valence-electron chi connectivity index (χ2n) is 6.02. The van der Waals surface area contributed by atoms with E-state index in [-0.39, 0.29) is 24.0 Å². The van der Waals surface area contributed by atoms with Gasteiger partial charge in [-0.1, -0.05) is 6.92 Å². The van der Waals surface area contributed by atoms with E-state index in [1.807, 2.05) is 28.2 Å². The second kappa shape index (κ2) is 9.00. The molecule has 19 heavy (non-hydrogen) atoms. The number of rotatable bonds is 3. The van der Waals surface area contributed by atoms with E-state index in [0.717, 1.165) is 18.4 Å². The molecule has 1 rings (SSSR count). The normalized spacial score (nSPS) is 21.3. The number of piperidine rings is 1. The molecule has 0 bridgehead atoms. The summed E-state index contributed by atoms with van der Waals surface area (Å²) in [5.74, 6) is 1.89. The first kappa shape index (κ1) is 19.0. The topological polar surface area (TPSA) is 22.1 Å². The molecule has 114 valence electrons. The van der Waals surface area contributed by atoms with Gasteiger partial charge in [-0.3, -0.25) is 9.89 Å². The van der Waals surface area contributed by atoms with E-state index in [1.54, 1.807) is 0 Å². The van der Waals surface area contributed by atoms with Crippen LogP contribution in [-0.4, -0.2) is 74.5 Å². The van der Waals surface area contributed by atoms with Gasteiger partial charge in [0.1, 0.15) is 0 Å². The Bertz CT molecular complexity index is 269. The molecule has 1 aliphatic rings. The Balaban J connectivity index is 0.00000324. The van der Waals surface area contributed by atoms with E-state index >= 15 is 0 Å². The minimum absolute atomic E-state index is 0. The number of hydrogen-bond donors (Lipinski definition) is 0. The minimum Gasteiger partial charge on any atom is -0.349 e.